The number of carboxylic acid groups (broad SMARTS) is 1. The van der Waals surface area contributed by atoms with Crippen LogP contribution in [0.25, 0.3) is 44.7 Å². The molecule has 70 heavy (non-hydrogen) atoms. The number of aromatic amines is 2. The third-order valence-corrected chi connectivity index (χ3v) is 11.4. The molecule has 4 aromatic heterocycles. The molecule has 389 valence electrons. The average molecular weight is 1670 g/mol. The Balaban J connectivity index is 0.000000316. The maximum atomic E-state index is 11.9. The number of H-pyrrole nitrogens is 2. The number of carboxylic acids is 1. The van der Waals surface area contributed by atoms with Crippen LogP contribution in [0.2, 0.25) is 0 Å². The van der Waals surface area contributed by atoms with Gasteiger partial charge in [-0.15, -0.1) is 26.2 Å². The Morgan fingerprint density at radius 2 is 0.929 bits per heavy atom. The van der Waals surface area contributed by atoms with Crippen LogP contribution < -0.4 is 15.7 Å². The first-order valence-corrected chi connectivity index (χ1v) is 41.3. The maximum absolute atomic E-state index is 11.9. The molecule has 0 spiro atoms. The quantitative estimate of drug-likeness (QED) is 0.0771. The van der Waals surface area contributed by atoms with E-state index in [1.54, 1.807) is 24.8 Å². The first-order chi connectivity index (χ1) is 33.8. The van der Waals surface area contributed by atoms with Crippen molar-refractivity contribution in [1.29, 1.82) is 0 Å². The number of carbonyl (C=O) groups excluding carboxylic acids is 3. The van der Waals surface area contributed by atoms with Gasteiger partial charge in [0.1, 0.15) is 5.97 Å². The number of aliphatic carboxylic acids is 1. The van der Waals surface area contributed by atoms with Gasteiger partial charge in [-0.2, -0.15) is 13.2 Å². The smallest absolute Gasteiger partial charge is 0.0517 e. The number of benzene rings is 2. The Morgan fingerprint density at radius 3 is 1.20 bits per heavy atom. The summed E-state index contributed by atoms with van der Waals surface area (Å²) < 4.78 is 31.5. The van der Waals surface area contributed by atoms with Crippen LogP contribution in [0.15, 0.2) is 110 Å². The molecule has 2 aliphatic rings. The fraction of sp³-hybridized carbons (Fsp3) is 0.396. The van der Waals surface area contributed by atoms with Crippen LogP contribution in [0.5, 0.6) is 0 Å². The fourth-order valence-electron chi connectivity index (χ4n) is 7.20. The molecule has 0 radical (unpaired) electrons. The van der Waals surface area contributed by atoms with Crippen LogP contribution >= 0.6 is 58.1 Å². The molecule has 2 aromatic carbocycles. The molecule has 2 amide bonds. The van der Waals surface area contributed by atoms with Crippen molar-refractivity contribution in [3.8, 4) is 0 Å². The van der Waals surface area contributed by atoms with Crippen LogP contribution in [-0.4, -0.2) is 83.2 Å². The zero-order valence-electron chi connectivity index (χ0n) is 38.0. The number of para-hydroxylation sites is 2. The number of rotatable bonds is 14. The van der Waals surface area contributed by atoms with Crippen LogP contribution in [-0.2, 0) is 67.4 Å². The van der Waals surface area contributed by atoms with Gasteiger partial charge in [-0.1, -0.05) is 85.8 Å². The molecular formula is C48H58F3I3N10O4Pt2-3. The zero-order chi connectivity index (χ0) is 51.7. The van der Waals surface area contributed by atoms with Gasteiger partial charge >= 0.3 is 91.6 Å². The second-order valence-corrected chi connectivity index (χ2v) is 32.4. The van der Waals surface area contributed by atoms with Gasteiger partial charge in [0.2, 0.25) is 11.8 Å². The molecule has 0 aliphatic heterocycles. The number of nitrogens with one attached hydrogen (secondary N) is 8. The maximum Gasteiger partial charge on any atom is -0.0517 e. The molecule has 2 saturated carbocycles. The molecule has 0 bridgehead atoms. The number of aromatic nitrogens is 4. The Morgan fingerprint density at radius 1 is 0.629 bits per heavy atom. The number of halogens is 6. The molecule has 8 N–H and O–H groups in total. The molecule has 8 rings (SSSR count). The van der Waals surface area contributed by atoms with Crippen molar-refractivity contribution in [1.82, 2.24) is 30.6 Å². The monoisotopic (exact) mass is 1670 g/mol. The Hall–Kier alpha value is -2.57. The first-order valence-electron chi connectivity index (χ1n) is 22.0. The SMILES string of the molecule is O=C(Cc1ccncc1)NCCc1c[nH]c2ccccc12.O=C(Cc1ccncc1)NCCc1c[nH]c2ccccc12.O=C([O-])C(F)(F)F.[I][Pt+2][I].[I][Pt].[NH-]C[C@@H]1CC[C@H]1C[NH-].[NH-]C[C@@H]1CC[C@H]1C[NH-]. The number of alkyl halides is 3. The number of hydrogen-bond acceptors (Lipinski definition) is 6. The number of carbonyl (C=O) groups is 3. The Bertz CT molecular complexity index is 2180. The molecule has 4 atom stereocenters. The number of pyridine rings is 2. The van der Waals surface area contributed by atoms with E-state index in [1.807, 2.05) is 60.9 Å². The number of amides is 2. The minimum absolute atomic E-state index is 0.0426. The van der Waals surface area contributed by atoms with E-state index in [4.69, 9.17) is 32.8 Å². The zero-order valence-corrected chi connectivity index (χ0v) is 49.0. The van der Waals surface area contributed by atoms with Crippen molar-refractivity contribution in [2.24, 2.45) is 23.7 Å². The second kappa shape index (κ2) is 37.2. The van der Waals surface area contributed by atoms with E-state index in [-0.39, 0.29) is 11.8 Å². The van der Waals surface area contributed by atoms with Crippen molar-refractivity contribution in [3.63, 3.8) is 0 Å². The van der Waals surface area contributed by atoms with E-state index >= 15 is 0 Å². The number of hydrogen-bond donors (Lipinski definition) is 4. The van der Waals surface area contributed by atoms with E-state index in [2.05, 4.69) is 129 Å². The normalized spacial score (nSPS) is 16.3. The minimum Gasteiger partial charge on any atom is -0.677 e. The largest absolute Gasteiger partial charge is 0.677 e. The molecule has 22 heteroatoms. The van der Waals surface area contributed by atoms with Gasteiger partial charge in [-0.3, -0.25) is 19.6 Å². The summed E-state index contributed by atoms with van der Waals surface area (Å²) in [4.78, 5) is 46.9. The summed E-state index contributed by atoms with van der Waals surface area (Å²) in [6, 6.07) is 23.8. The van der Waals surface area contributed by atoms with E-state index in [9.17, 15) is 22.8 Å². The Kier molecular flexibility index (Phi) is 33.8. The molecule has 4 heterocycles. The molecule has 0 unspecified atom stereocenters. The van der Waals surface area contributed by atoms with Crippen LogP contribution in [0.4, 0.5) is 13.2 Å². The topological polar surface area (TPSA) is 251 Å². The summed E-state index contributed by atoms with van der Waals surface area (Å²) in [6.45, 7) is 3.47. The van der Waals surface area contributed by atoms with Gasteiger partial charge in [0, 0.05) is 72.1 Å². The first kappa shape index (κ1) is 63.5. The summed E-state index contributed by atoms with van der Waals surface area (Å²) in [5, 5.41) is 17.2. The van der Waals surface area contributed by atoms with Crippen molar-refractivity contribution in [2.75, 3.05) is 39.3 Å². The molecule has 6 aromatic rings. The molecule has 2 fully saturated rings. The summed E-state index contributed by atoms with van der Waals surface area (Å²) in [6.07, 6.45) is 12.9. The van der Waals surface area contributed by atoms with E-state index < -0.39 is 12.1 Å². The predicted molar refractivity (Wildman–Crippen MR) is 288 cm³/mol. The standard InChI is InChI=1S/2C17H17N3O.2C6H12N2.C2HF3O2.3HI.2Pt/c2*21-17(11-13-5-8-18-9-6-13)19-10-7-14-12-20-16-4-2-1-3-15(14)16;2*7-3-5-1-2-6(5)4-8;3-2(4,5)1(6)7;;;;;/h2*1-6,8-9,12,20H,7,10-11H2,(H,19,21);2*5-8H,1-4H2;(H,6,7);3*1H;;/q;;2*-2;;;;;+1;+4/p-4/t;;2*5-,6-;;;;;;/m..00....../s1. The van der Waals surface area contributed by atoms with Gasteiger partial charge in [-0.25, -0.2) is 0 Å². The Labute approximate surface area is 459 Å². The van der Waals surface area contributed by atoms with Crippen molar-refractivity contribution < 1.29 is 60.0 Å². The van der Waals surface area contributed by atoms with E-state index in [0.29, 0.717) is 87.0 Å². The molecule has 14 nitrogen and oxygen atoms in total. The van der Waals surface area contributed by atoms with Crippen LogP contribution in [0.3, 0.4) is 0 Å². The third kappa shape index (κ3) is 24.4. The molecule has 0 saturated heterocycles. The van der Waals surface area contributed by atoms with Crippen LogP contribution in [0.1, 0.15) is 47.9 Å². The van der Waals surface area contributed by atoms with Crippen molar-refractivity contribution in [3.05, 3.63) is 155 Å². The van der Waals surface area contributed by atoms with Gasteiger partial charge < -0.3 is 53.4 Å². The summed E-state index contributed by atoms with van der Waals surface area (Å²) in [5.74, 6) is -0.616. The van der Waals surface area contributed by atoms with Gasteiger partial charge in [0.05, 0.1) is 12.8 Å². The predicted octanol–water partition coefficient (Wildman–Crippen LogP) is 11.1. The summed E-state index contributed by atoms with van der Waals surface area (Å²) in [5.41, 5.74) is 34.7. The van der Waals surface area contributed by atoms with Gasteiger partial charge in [0.15, 0.2) is 0 Å². The van der Waals surface area contributed by atoms with E-state index in [0.717, 1.165) is 35.0 Å². The van der Waals surface area contributed by atoms with E-state index in [1.165, 1.54) is 47.6 Å². The van der Waals surface area contributed by atoms with Gasteiger partial charge in [0.25, 0.3) is 0 Å². The van der Waals surface area contributed by atoms with Crippen LogP contribution in [0, 0.1) is 23.7 Å². The van der Waals surface area contributed by atoms with Gasteiger partial charge in [-0.05, 0) is 71.5 Å². The average Bonchev–Trinajstić information content (AvgIpc) is 3.95. The summed E-state index contributed by atoms with van der Waals surface area (Å²) in [7, 11) is 0. The molecule has 2 aliphatic carbocycles. The number of nitrogens with zero attached hydrogens (tertiary/aromatic N) is 2. The molecular weight excluding hydrogens is 1610 g/mol. The van der Waals surface area contributed by atoms with Crippen molar-refractivity contribution in [2.45, 2.75) is 57.5 Å². The minimum atomic E-state index is -5.19. The fourth-order valence-corrected chi connectivity index (χ4v) is 7.20. The second-order valence-electron chi connectivity index (χ2n) is 15.8. The third-order valence-electron chi connectivity index (χ3n) is 11.4. The number of fused-ring (bicyclic) bond motifs is 2. The van der Waals surface area contributed by atoms with Crippen molar-refractivity contribution >= 4 is 97.6 Å². The summed E-state index contributed by atoms with van der Waals surface area (Å²) >= 11 is 9.53.